The summed E-state index contributed by atoms with van der Waals surface area (Å²) in [5.41, 5.74) is 1.15. The van der Waals surface area contributed by atoms with E-state index in [9.17, 15) is 13.2 Å². The number of halogens is 1. The van der Waals surface area contributed by atoms with E-state index in [2.05, 4.69) is 10.6 Å². The van der Waals surface area contributed by atoms with Crippen LogP contribution < -0.4 is 10.6 Å². The Hall–Kier alpha value is -1.35. The first kappa shape index (κ1) is 19.7. The lowest BCUT2D eigenvalue weighted by Gasteiger charge is -2.14. The third kappa shape index (κ3) is 4.57. The van der Waals surface area contributed by atoms with Crippen molar-refractivity contribution in [2.24, 2.45) is 0 Å². The van der Waals surface area contributed by atoms with Gasteiger partial charge >= 0.3 is 0 Å². The molecule has 0 unspecified atom stereocenters. The minimum atomic E-state index is -3.62. The summed E-state index contributed by atoms with van der Waals surface area (Å²) in [4.78, 5) is 12.1. The summed E-state index contributed by atoms with van der Waals surface area (Å²) in [7, 11) is -0.744. The molecule has 1 aliphatic heterocycles. The molecule has 0 fully saturated rings. The van der Waals surface area contributed by atoms with E-state index in [4.69, 9.17) is 4.42 Å². The summed E-state index contributed by atoms with van der Waals surface area (Å²) in [6, 6.07) is 1.27. The highest BCUT2D eigenvalue weighted by Crippen LogP contribution is 2.22. The molecule has 130 valence electrons. The van der Waals surface area contributed by atoms with Crippen molar-refractivity contribution in [2.45, 2.75) is 18.2 Å². The Morgan fingerprint density at radius 1 is 1.43 bits per heavy atom. The van der Waals surface area contributed by atoms with Crippen molar-refractivity contribution in [1.29, 1.82) is 0 Å². The van der Waals surface area contributed by atoms with Crippen LogP contribution in [-0.4, -0.2) is 52.4 Å². The Morgan fingerprint density at radius 2 is 2.13 bits per heavy atom. The Labute approximate surface area is 142 Å². The maximum Gasteiger partial charge on any atom is 0.287 e. The molecule has 2 rings (SSSR count). The summed E-state index contributed by atoms with van der Waals surface area (Å²) >= 11 is 0. The van der Waals surface area contributed by atoms with Crippen LogP contribution in [0.1, 0.15) is 22.7 Å². The molecule has 0 atom stereocenters. The summed E-state index contributed by atoms with van der Waals surface area (Å²) in [5.74, 6) is -0.199. The Balaban J connectivity index is 0.00000264. The van der Waals surface area contributed by atoms with Crippen molar-refractivity contribution in [3.63, 3.8) is 0 Å². The first-order chi connectivity index (χ1) is 10.3. The molecule has 0 bridgehead atoms. The highest BCUT2D eigenvalue weighted by molar-refractivity contribution is 7.89. The van der Waals surface area contributed by atoms with Crippen LogP contribution in [-0.2, 0) is 10.0 Å². The van der Waals surface area contributed by atoms with Crippen LogP contribution in [0, 0.1) is 6.92 Å². The van der Waals surface area contributed by atoms with Gasteiger partial charge in [0.2, 0.25) is 10.0 Å². The number of aryl methyl sites for hydroxylation is 1. The number of carbonyl (C=O) groups excluding carboxylic acids is 1. The topological polar surface area (TPSA) is 91.6 Å². The first-order valence-electron chi connectivity index (χ1n) is 7.02. The van der Waals surface area contributed by atoms with Crippen LogP contribution >= 0.6 is 12.4 Å². The van der Waals surface area contributed by atoms with E-state index in [1.54, 1.807) is 0 Å². The molecule has 1 aliphatic rings. The SMILES string of the molecule is Cc1oc(C(=O)NCC2=CCNCC2)cc1S(=O)(=O)N(C)C.Cl. The number of carbonyl (C=O) groups is 1. The molecule has 23 heavy (non-hydrogen) atoms. The molecule has 1 aromatic heterocycles. The number of sulfonamides is 1. The largest absolute Gasteiger partial charge is 0.455 e. The molecule has 0 saturated heterocycles. The van der Waals surface area contributed by atoms with E-state index in [0.717, 1.165) is 29.4 Å². The zero-order valence-electron chi connectivity index (χ0n) is 13.4. The second-order valence-corrected chi connectivity index (χ2v) is 7.44. The average Bonchev–Trinajstić information content (AvgIpc) is 2.88. The molecular weight excluding hydrogens is 342 g/mol. The van der Waals surface area contributed by atoms with Gasteiger partial charge in [-0.25, -0.2) is 12.7 Å². The zero-order valence-corrected chi connectivity index (χ0v) is 15.0. The van der Waals surface area contributed by atoms with Crippen LogP contribution in [0.25, 0.3) is 0 Å². The van der Waals surface area contributed by atoms with E-state index < -0.39 is 15.9 Å². The quantitative estimate of drug-likeness (QED) is 0.759. The van der Waals surface area contributed by atoms with E-state index in [0.29, 0.717) is 6.54 Å². The lowest BCUT2D eigenvalue weighted by Crippen LogP contribution is -2.29. The Kier molecular flexibility index (Phi) is 6.82. The molecule has 1 amide bonds. The van der Waals surface area contributed by atoms with E-state index in [1.165, 1.54) is 27.1 Å². The van der Waals surface area contributed by atoms with Gasteiger partial charge < -0.3 is 15.1 Å². The van der Waals surface area contributed by atoms with Crippen molar-refractivity contribution in [3.8, 4) is 0 Å². The predicted molar refractivity (Wildman–Crippen MR) is 89.5 cm³/mol. The van der Waals surface area contributed by atoms with Gasteiger partial charge in [-0.3, -0.25) is 4.79 Å². The van der Waals surface area contributed by atoms with Crippen LogP contribution in [0.2, 0.25) is 0 Å². The van der Waals surface area contributed by atoms with Crippen LogP contribution in [0.15, 0.2) is 27.0 Å². The maximum absolute atomic E-state index is 12.1. The fourth-order valence-electron chi connectivity index (χ4n) is 2.14. The predicted octanol–water partition coefficient (Wildman–Crippen LogP) is 0.910. The van der Waals surface area contributed by atoms with Crippen LogP contribution in [0.3, 0.4) is 0 Å². The van der Waals surface area contributed by atoms with E-state index in [1.807, 2.05) is 6.08 Å². The number of nitrogens with zero attached hydrogens (tertiary/aromatic N) is 1. The second-order valence-electron chi connectivity index (χ2n) is 5.32. The van der Waals surface area contributed by atoms with Gasteiger partial charge in [-0.05, 0) is 19.9 Å². The number of furan rings is 1. The number of hydrogen-bond donors (Lipinski definition) is 2. The number of nitrogens with one attached hydrogen (secondary N) is 2. The van der Waals surface area contributed by atoms with Crippen LogP contribution in [0.4, 0.5) is 0 Å². The zero-order chi connectivity index (χ0) is 16.3. The van der Waals surface area contributed by atoms with E-state index >= 15 is 0 Å². The monoisotopic (exact) mass is 363 g/mol. The van der Waals surface area contributed by atoms with Crippen molar-refractivity contribution < 1.29 is 17.6 Å². The maximum atomic E-state index is 12.1. The molecule has 0 radical (unpaired) electrons. The molecular formula is C14H22ClN3O4S. The normalized spacial score (nSPS) is 15.0. The molecule has 2 heterocycles. The molecule has 0 aliphatic carbocycles. The molecule has 7 nitrogen and oxygen atoms in total. The third-order valence-electron chi connectivity index (χ3n) is 3.49. The van der Waals surface area contributed by atoms with Gasteiger partial charge in [-0.2, -0.15) is 0 Å². The van der Waals surface area contributed by atoms with Gasteiger partial charge in [0.15, 0.2) is 5.76 Å². The highest BCUT2D eigenvalue weighted by atomic mass is 35.5. The van der Waals surface area contributed by atoms with Gasteiger partial charge in [0, 0.05) is 33.3 Å². The molecule has 0 aromatic carbocycles. The van der Waals surface area contributed by atoms with Gasteiger partial charge in [0.05, 0.1) is 0 Å². The molecule has 0 spiro atoms. The minimum absolute atomic E-state index is 0. The average molecular weight is 364 g/mol. The Morgan fingerprint density at radius 3 is 2.70 bits per heavy atom. The van der Waals surface area contributed by atoms with Crippen molar-refractivity contribution >= 4 is 28.3 Å². The van der Waals surface area contributed by atoms with Gasteiger partial charge in [-0.1, -0.05) is 11.6 Å². The highest BCUT2D eigenvalue weighted by Gasteiger charge is 2.25. The second kappa shape index (κ2) is 7.96. The number of hydrogen-bond acceptors (Lipinski definition) is 5. The standard InChI is InChI=1S/C14H21N3O4S.ClH/c1-10-13(22(19,20)17(2)3)8-12(21-10)14(18)16-9-11-4-6-15-7-5-11;/h4,8,15H,5-7,9H2,1-3H3,(H,16,18);1H. The smallest absolute Gasteiger partial charge is 0.287 e. The van der Waals surface area contributed by atoms with Crippen molar-refractivity contribution in [1.82, 2.24) is 14.9 Å². The lowest BCUT2D eigenvalue weighted by molar-refractivity contribution is 0.0927. The lowest BCUT2D eigenvalue weighted by atomic mass is 10.1. The van der Waals surface area contributed by atoms with Crippen LogP contribution in [0.5, 0.6) is 0 Å². The molecule has 9 heteroatoms. The first-order valence-corrected chi connectivity index (χ1v) is 8.46. The molecule has 0 saturated carbocycles. The molecule has 1 aromatic rings. The summed E-state index contributed by atoms with van der Waals surface area (Å²) < 4.78 is 30.6. The van der Waals surface area contributed by atoms with Gasteiger partial charge in [-0.15, -0.1) is 12.4 Å². The number of rotatable bonds is 5. The fourth-order valence-corrected chi connectivity index (χ4v) is 3.20. The minimum Gasteiger partial charge on any atom is -0.455 e. The van der Waals surface area contributed by atoms with Crippen molar-refractivity contribution in [3.05, 3.63) is 29.2 Å². The van der Waals surface area contributed by atoms with Gasteiger partial charge in [0.1, 0.15) is 10.7 Å². The summed E-state index contributed by atoms with van der Waals surface area (Å²) in [6.07, 6.45) is 2.93. The summed E-state index contributed by atoms with van der Waals surface area (Å²) in [6.45, 7) is 3.67. The molecule has 2 N–H and O–H groups in total. The fraction of sp³-hybridized carbons (Fsp3) is 0.500. The Bertz CT molecular complexity index is 695. The third-order valence-corrected chi connectivity index (χ3v) is 5.41. The van der Waals surface area contributed by atoms with Crippen molar-refractivity contribution in [2.75, 3.05) is 33.7 Å². The summed E-state index contributed by atoms with van der Waals surface area (Å²) in [5, 5.41) is 5.95. The number of amides is 1. The van der Waals surface area contributed by atoms with Gasteiger partial charge in [0.25, 0.3) is 5.91 Å². The van der Waals surface area contributed by atoms with E-state index in [-0.39, 0.29) is 28.8 Å².